The SMILES string of the molecule is N#Cc1cc(Nc2nc3c(s2)CCCC3)ccc1[N+](=O)[O-]. The van der Waals surface area contributed by atoms with Gasteiger partial charge in [0, 0.05) is 16.6 Å². The summed E-state index contributed by atoms with van der Waals surface area (Å²) < 4.78 is 0. The van der Waals surface area contributed by atoms with E-state index in [2.05, 4.69) is 10.3 Å². The zero-order chi connectivity index (χ0) is 14.8. The lowest BCUT2D eigenvalue weighted by atomic mass is 10.0. The molecule has 1 heterocycles. The van der Waals surface area contributed by atoms with Gasteiger partial charge in [-0.15, -0.1) is 11.3 Å². The van der Waals surface area contributed by atoms with Crippen LogP contribution in [0.1, 0.15) is 29.0 Å². The minimum absolute atomic E-state index is 0.0475. The van der Waals surface area contributed by atoms with Crippen LogP contribution in [0.25, 0.3) is 0 Å². The van der Waals surface area contributed by atoms with Crippen molar-refractivity contribution >= 4 is 27.8 Å². The summed E-state index contributed by atoms with van der Waals surface area (Å²) in [5.74, 6) is 0. The highest BCUT2D eigenvalue weighted by atomic mass is 32.1. The molecule has 3 rings (SSSR count). The van der Waals surface area contributed by atoms with E-state index in [0.29, 0.717) is 5.69 Å². The first-order valence-electron chi connectivity index (χ1n) is 6.61. The Morgan fingerprint density at radius 1 is 1.38 bits per heavy atom. The molecule has 21 heavy (non-hydrogen) atoms. The van der Waals surface area contributed by atoms with Gasteiger partial charge in [0.1, 0.15) is 11.6 Å². The highest BCUT2D eigenvalue weighted by molar-refractivity contribution is 7.15. The number of nitriles is 1. The van der Waals surface area contributed by atoms with Crippen LogP contribution in [0.4, 0.5) is 16.5 Å². The molecule has 1 aromatic carbocycles. The van der Waals surface area contributed by atoms with Crippen molar-refractivity contribution in [2.45, 2.75) is 25.7 Å². The molecule has 0 unspecified atom stereocenters. The number of nitrogens with zero attached hydrogens (tertiary/aromatic N) is 3. The fourth-order valence-electron chi connectivity index (χ4n) is 2.39. The predicted molar refractivity (Wildman–Crippen MR) is 79.9 cm³/mol. The van der Waals surface area contributed by atoms with Crippen molar-refractivity contribution in [2.24, 2.45) is 0 Å². The number of nitro groups is 1. The van der Waals surface area contributed by atoms with E-state index in [1.54, 1.807) is 17.4 Å². The van der Waals surface area contributed by atoms with Crippen LogP contribution < -0.4 is 5.32 Å². The Morgan fingerprint density at radius 2 is 2.19 bits per heavy atom. The summed E-state index contributed by atoms with van der Waals surface area (Å²) >= 11 is 1.62. The molecule has 0 amide bonds. The van der Waals surface area contributed by atoms with Gasteiger partial charge in [0.25, 0.3) is 5.69 Å². The monoisotopic (exact) mass is 300 g/mol. The summed E-state index contributed by atoms with van der Waals surface area (Å²) in [7, 11) is 0. The van der Waals surface area contributed by atoms with Crippen molar-refractivity contribution in [3.63, 3.8) is 0 Å². The van der Waals surface area contributed by atoms with E-state index < -0.39 is 4.92 Å². The zero-order valence-corrected chi connectivity index (χ0v) is 11.9. The van der Waals surface area contributed by atoms with Gasteiger partial charge in [0.05, 0.1) is 10.6 Å². The topological polar surface area (TPSA) is 91.8 Å². The van der Waals surface area contributed by atoms with E-state index >= 15 is 0 Å². The van der Waals surface area contributed by atoms with E-state index in [1.807, 2.05) is 6.07 Å². The summed E-state index contributed by atoms with van der Waals surface area (Å²) in [6, 6.07) is 6.28. The smallest absolute Gasteiger partial charge is 0.287 e. The van der Waals surface area contributed by atoms with Crippen molar-refractivity contribution in [3.8, 4) is 6.07 Å². The Labute approximate surface area is 125 Å². The van der Waals surface area contributed by atoms with Crippen molar-refractivity contribution in [1.82, 2.24) is 4.98 Å². The molecule has 0 fully saturated rings. The molecule has 7 heteroatoms. The minimum Gasteiger partial charge on any atom is -0.331 e. The third kappa shape index (κ3) is 2.71. The van der Waals surface area contributed by atoms with Crippen LogP contribution in [0.3, 0.4) is 0 Å². The number of benzene rings is 1. The Kier molecular flexibility index (Phi) is 3.54. The lowest BCUT2D eigenvalue weighted by Gasteiger charge is -2.06. The van der Waals surface area contributed by atoms with Crippen LogP contribution in [0.15, 0.2) is 18.2 Å². The summed E-state index contributed by atoms with van der Waals surface area (Å²) in [6.45, 7) is 0. The van der Waals surface area contributed by atoms with Crippen LogP contribution >= 0.6 is 11.3 Å². The number of rotatable bonds is 3. The Hall–Kier alpha value is -2.46. The molecule has 1 aromatic heterocycles. The van der Waals surface area contributed by atoms with Crippen LogP contribution in [0, 0.1) is 21.4 Å². The summed E-state index contributed by atoms with van der Waals surface area (Å²) in [6.07, 6.45) is 4.45. The summed E-state index contributed by atoms with van der Waals surface area (Å²) in [5, 5.41) is 23.7. The molecule has 0 saturated heterocycles. The lowest BCUT2D eigenvalue weighted by molar-refractivity contribution is -0.385. The number of aromatic nitrogens is 1. The first-order chi connectivity index (χ1) is 10.2. The van der Waals surface area contributed by atoms with Crippen LogP contribution in [0.2, 0.25) is 0 Å². The fraction of sp³-hybridized carbons (Fsp3) is 0.286. The number of thiazole rings is 1. The van der Waals surface area contributed by atoms with Crippen molar-refractivity contribution < 1.29 is 4.92 Å². The van der Waals surface area contributed by atoms with E-state index in [9.17, 15) is 10.1 Å². The molecule has 0 spiro atoms. The van der Waals surface area contributed by atoms with Gasteiger partial charge < -0.3 is 5.32 Å². The molecule has 0 aliphatic heterocycles. The van der Waals surface area contributed by atoms with E-state index in [4.69, 9.17) is 5.26 Å². The molecule has 1 aliphatic rings. The summed E-state index contributed by atoms with van der Waals surface area (Å²) in [5.41, 5.74) is 1.66. The van der Waals surface area contributed by atoms with E-state index in [0.717, 1.165) is 23.7 Å². The molecule has 0 saturated carbocycles. The predicted octanol–water partition coefficient (Wildman–Crippen LogP) is 3.55. The standard InChI is InChI=1S/C14H12N4O2S/c15-8-9-7-10(5-6-12(9)18(19)20)16-14-17-11-3-1-2-4-13(11)21-14/h5-7H,1-4H2,(H,16,17). The number of nitro benzene ring substituents is 1. The second-order valence-corrected chi connectivity index (χ2v) is 5.91. The third-order valence-electron chi connectivity index (χ3n) is 3.41. The quantitative estimate of drug-likeness (QED) is 0.691. The average Bonchev–Trinajstić information content (AvgIpc) is 2.88. The van der Waals surface area contributed by atoms with Gasteiger partial charge in [-0.25, -0.2) is 4.98 Å². The Bertz CT molecular complexity index is 724. The molecule has 2 aromatic rings. The molecule has 0 radical (unpaired) electrons. The second-order valence-electron chi connectivity index (χ2n) is 4.82. The molecule has 106 valence electrons. The molecule has 1 N–H and O–H groups in total. The molecule has 0 atom stereocenters. The van der Waals surface area contributed by atoms with E-state index in [-0.39, 0.29) is 11.3 Å². The molecule has 0 bridgehead atoms. The normalized spacial score (nSPS) is 13.3. The van der Waals surface area contributed by atoms with Crippen LogP contribution in [-0.4, -0.2) is 9.91 Å². The molecule has 1 aliphatic carbocycles. The molecular weight excluding hydrogens is 288 g/mol. The van der Waals surface area contributed by atoms with Crippen LogP contribution in [-0.2, 0) is 12.8 Å². The van der Waals surface area contributed by atoms with Crippen molar-refractivity contribution in [1.29, 1.82) is 5.26 Å². The molecule has 6 nitrogen and oxygen atoms in total. The number of hydrogen-bond acceptors (Lipinski definition) is 6. The first kappa shape index (κ1) is 13.5. The van der Waals surface area contributed by atoms with Gasteiger partial charge in [-0.1, -0.05) is 0 Å². The van der Waals surface area contributed by atoms with Crippen molar-refractivity contribution in [2.75, 3.05) is 5.32 Å². The van der Waals surface area contributed by atoms with Gasteiger partial charge in [0.15, 0.2) is 5.13 Å². The highest BCUT2D eigenvalue weighted by Crippen LogP contribution is 2.32. The fourth-order valence-corrected chi connectivity index (χ4v) is 3.46. The Balaban J connectivity index is 1.86. The van der Waals surface area contributed by atoms with Gasteiger partial charge in [0.2, 0.25) is 0 Å². The maximum atomic E-state index is 10.8. The zero-order valence-electron chi connectivity index (χ0n) is 11.1. The Morgan fingerprint density at radius 3 is 2.90 bits per heavy atom. The highest BCUT2D eigenvalue weighted by Gasteiger charge is 2.17. The maximum Gasteiger partial charge on any atom is 0.287 e. The second kappa shape index (κ2) is 5.50. The number of fused-ring (bicyclic) bond motifs is 1. The maximum absolute atomic E-state index is 10.8. The minimum atomic E-state index is -0.551. The van der Waals surface area contributed by atoms with E-state index in [1.165, 1.54) is 29.9 Å². The average molecular weight is 300 g/mol. The van der Waals surface area contributed by atoms with Gasteiger partial charge >= 0.3 is 0 Å². The van der Waals surface area contributed by atoms with Crippen molar-refractivity contribution in [3.05, 3.63) is 44.4 Å². The number of aryl methyl sites for hydroxylation is 2. The largest absolute Gasteiger partial charge is 0.331 e. The van der Waals surface area contributed by atoms with Gasteiger partial charge in [-0.3, -0.25) is 10.1 Å². The van der Waals surface area contributed by atoms with Crippen LogP contribution in [0.5, 0.6) is 0 Å². The molecular formula is C14H12N4O2S. The first-order valence-corrected chi connectivity index (χ1v) is 7.43. The number of nitrogens with one attached hydrogen (secondary N) is 1. The lowest BCUT2D eigenvalue weighted by Crippen LogP contribution is -1.99. The summed E-state index contributed by atoms with van der Waals surface area (Å²) in [4.78, 5) is 16.1. The van der Waals surface area contributed by atoms with Gasteiger partial charge in [-0.05, 0) is 37.8 Å². The third-order valence-corrected chi connectivity index (χ3v) is 4.48. The van der Waals surface area contributed by atoms with Gasteiger partial charge in [-0.2, -0.15) is 5.26 Å². The number of anilines is 2. The number of hydrogen-bond donors (Lipinski definition) is 1.